The standard InChI is InChI=1S/C17H22N2O5/c20-15(12-4-2-1-3-5-12)18-6-8-19(9-7-18)16(21)14-10-13(11-24-14)17(22)23/h10-12H,1-9H2,(H,22,23). The Hall–Kier alpha value is -2.31. The van der Waals surface area contributed by atoms with E-state index in [1.165, 1.54) is 12.5 Å². The molecule has 2 amide bonds. The lowest BCUT2D eigenvalue weighted by atomic mass is 9.88. The van der Waals surface area contributed by atoms with E-state index in [2.05, 4.69) is 0 Å². The SMILES string of the molecule is O=C(O)c1coc(C(=O)N2CCN(C(=O)C3CCCCC3)CC2)c1. The van der Waals surface area contributed by atoms with Gasteiger partial charge in [0.1, 0.15) is 6.26 Å². The number of piperazine rings is 1. The number of carboxylic acid groups (broad SMARTS) is 1. The van der Waals surface area contributed by atoms with E-state index >= 15 is 0 Å². The number of aromatic carboxylic acids is 1. The van der Waals surface area contributed by atoms with Crippen LogP contribution < -0.4 is 0 Å². The lowest BCUT2D eigenvalue weighted by Crippen LogP contribution is -2.52. The molecule has 0 radical (unpaired) electrons. The van der Waals surface area contributed by atoms with E-state index in [1.54, 1.807) is 4.90 Å². The molecule has 1 aliphatic heterocycles. The van der Waals surface area contributed by atoms with Crippen LogP contribution in [0.1, 0.15) is 53.0 Å². The third-order valence-electron chi connectivity index (χ3n) is 4.89. The molecule has 3 rings (SSSR count). The van der Waals surface area contributed by atoms with Crippen molar-refractivity contribution in [1.82, 2.24) is 9.80 Å². The zero-order valence-electron chi connectivity index (χ0n) is 13.6. The van der Waals surface area contributed by atoms with Gasteiger partial charge in [-0.25, -0.2) is 4.79 Å². The van der Waals surface area contributed by atoms with Crippen LogP contribution >= 0.6 is 0 Å². The van der Waals surface area contributed by atoms with Gasteiger partial charge in [0.2, 0.25) is 5.91 Å². The summed E-state index contributed by atoms with van der Waals surface area (Å²) >= 11 is 0. The fraction of sp³-hybridized carbons (Fsp3) is 0.588. The third-order valence-corrected chi connectivity index (χ3v) is 4.89. The van der Waals surface area contributed by atoms with Crippen molar-refractivity contribution in [2.24, 2.45) is 5.92 Å². The molecule has 0 aromatic carbocycles. The summed E-state index contributed by atoms with van der Waals surface area (Å²) in [6.07, 6.45) is 6.48. The minimum Gasteiger partial charge on any atom is -0.478 e. The van der Waals surface area contributed by atoms with Gasteiger partial charge in [-0.15, -0.1) is 0 Å². The zero-order valence-corrected chi connectivity index (χ0v) is 13.6. The van der Waals surface area contributed by atoms with Crippen molar-refractivity contribution in [1.29, 1.82) is 0 Å². The number of carbonyl (C=O) groups excluding carboxylic acids is 2. The van der Waals surface area contributed by atoms with Gasteiger partial charge in [0, 0.05) is 38.2 Å². The maximum atomic E-state index is 12.5. The number of furan rings is 1. The Morgan fingerprint density at radius 3 is 2.21 bits per heavy atom. The summed E-state index contributed by atoms with van der Waals surface area (Å²) in [6.45, 7) is 1.93. The lowest BCUT2D eigenvalue weighted by molar-refractivity contribution is -0.138. The van der Waals surface area contributed by atoms with Gasteiger partial charge in [0.15, 0.2) is 5.76 Å². The first kappa shape index (κ1) is 16.5. The summed E-state index contributed by atoms with van der Waals surface area (Å²) in [5.41, 5.74) is -0.0375. The molecular weight excluding hydrogens is 312 g/mol. The second kappa shape index (κ2) is 7.07. The van der Waals surface area contributed by atoms with Crippen LogP contribution in [0.4, 0.5) is 0 Å². The van der Waals surface area contributed by atoms with Gasteiger partial charge in [0.05, 0.1) is 5.56 Å². The normalized spacial score (nSPS) is 19.3. The Morgan fingerprint density at radius 1 is 1.00 bits per heavy atom. The summed E-state index contributed by atoms with van der Waals surface area (Å²) in [6, 6.07) is 1.24. The highest BCUT2D eigenvalue weighted by atomic mass is 16.4. The molecule has 1 aliphatic carbocycles. The van der Waals surface area contributed by atoms with Gasteiger partial charge < -0.3 is 19.3 Å². The summed E-state index contributed by atoms with van der Waals surface area (Å²) in [5, 5.41) is 8.88. The maximum absolute atomic E-state index is 12.5. The smallest absolute Gasteiger partial charge is 0.338 e. The first-order valence-corrected chi connectivity index (χ1v) is 8.46. The average Bonchev–Trinajstić information content (AvgIpc) is 3.12. The molecule has 24 heavy (non-hydrogen) atoms. The second-order valence-electron chi connectivity index (χ2n) is 6.46. The van der Waals surface area contributed by atoms with Gasteiger partial charge in [-0.1, -0.05) is 19.3 Å². The van der Waals surface area contributed by atoms with Crippen LogP contribution in [0.3, 0.4) is 0 Å². The molecule has 0 atom stereocenters. The van der Waals surface area contributed by atoms with Crippen molar-refractivity contribution < 1.29 is 23.9 Å². The first-order chi connectivity index (χ1) is 11.6. The number of carbonyl (C=O) groups is 3. The molecule has 0 unspecified atom stereocenters. The van der Waals surface area contributed by atoms with Gasteiger partial charge in [0.25, 0.3) is 5.91 Å². The van der Waals surface area contributed by atoms with Crippen molar-refractivity contribution in [3.63, 3.8) is 0 Å². The number of amides is 2. The summed E-state index contributed by atoms with van der Waals surface area (Å²) in [4.78, 5) is 39.2. The number of nitrogens with zero attached hydrogens (tertiary/aromatic N) is 2. The van der Waals surface area contributed by atoms with E-state index in [0.29, 0.717) is 26.2 Å². The molecule has 7 nitrogen and oxygen atoms in total. The first-order valence-electron chi connectivity index (χ1n) is 8.46. The molecule has 130 valence electrons. The van der Waals surface area contributed by atoms with Crippen molar-refractivity contribution in [2.45, 2.75) is 32.1 Å². The predicted molar refractivity (Wildman–Crippen MR) is 84.7 cm³/mol. The molecule has 1 saturated carbocycles. The van der Waals surface area contributed by atoms with E-state index in [-0.39, 0.29) is 29.1 Å². The molecule has 0 spiro atoms. The number of hydrogen-bond donors (Lipinski definition) is 1. The average molecular weight is 334 g/mol. The van der Waals surface area contributed by atoms with Crippen LogP contribution in [0.25, 0.3) is 0 Å². The number of carboxylic acids is 1. The highest BCUT2D eigenvalue weighted by Crippen LogP contribution is 2.26. The molecule has 7 heteroatoms. The Bertz CT molecular complexity index is 625. The van der Waals surface area contributed by atoms with Crippen LogP contribution in [-0.2, 0) is 4.79 Å². The van der Waals surface area contributed by atoms with Crippen molar-refractivity contribution >= 4 is 17.8 Å². The molecule has 2 heterocycles. The molecule has 1 aromatic heterocycles. The largest absolute Gasteiger partial charge is 0.478 e. The predicted octanol–water partition coefficient (Wildman–Crippen LogP) is 1.84. The van der Waals surface area contributed by atoms with Crippen molar-refractivity contribution in [2.75, 3.05) is 26.2 Å². The summed E-state index contributed by atoms with van der Waals surface area (Å²) in [5.74, 6) is -1.07. The van der Waals surface area contributed by atoms with E-state index in [0.717, 1.165) is 31.9 Å². The summed E-state index contributed by atoms with van der Waals surface area (Å²) in [7, 11) is 0. The van der Waals surface area contributed by atoms with Crippen LogP contribution in [0.15, 0.2) is 16.7 Å². The van der Waals surface area contributed by atoms with Gasteiger partial charge >= 0.3 is 5.97 Å². The van der Waals surface area contributed by atoms with E-state index in [9.17, 15) is 14.4 Å². The molecular formula is C17H22N2O5. The van der Waals surface area contributed by atoms with Gasteiger partial charge in [-0.05, 0) is 12.8 Å². The Labute approximate surface area is 140 Å². The molecule has 1 saturated heterocycles. The van der Waals surface area contributed by atoms with Gasteiger partial charge in [-0.2, -0.15) is 0 Å². The van der Waals surface area contributed by atoms with Crippen molar-refractivity contribution in [3.8, 4) is 0 Å². The molecule has 2 fully saturated rings. The molecule has 1 aromatic rings. The molecule has 2 aliphatic rings. The minimum atomic E-state index is -1.12. The summed E-state index contributed by atoms with van der Waals surface area (Å²) < 4.78 is 5.06. The lowest BCUT2D eigenvalue weighted by Gasteiger charge is -2.36. The Balaban J connectivity index is 1.55. The van der Waals surface area contributed by atoms with Crippen LogP contribution in [0.2, 0.25) is 0 Å². The third kappa shape index (κ3) is 3.44. The zero-order chi connectivity index (χ0) is 17.1. The van der Waals surface area contributed by atoms with Crippen LogP contribution in [0, 0.1) is 5.92 Å². The second-order valence-corrected chi connectivity index (χ2v) is 6.46. The van der Waals surface area contributed by atoms with E-state index in [4.69, 9.17) is 9.52 Å². The van der Waals surface area contributed by atoms with Crippen molar-refractivity contribution in [3.05, 3.63) is 23.7 Å². The highest BCUT2D eigenvalue weighted by Gasteiger charge is 2.30. The van der Waals surface area contributed by atoms with Gasteiger partial charge in [-0.3, -0.25) is 9.59 Å². The fourth-order valence-electron chi connectivity index (χ4n) is 3.45. The quantitative estimate of drug-likeness (QED) is 0.911. The number of hydrogen-bond acceptors (Lipinski definition) is 4. The fourth-order valence-corrected chi connectivity index (χ4v) is 3.45. The Kier molecular flexibility index (Phi) is 4.87. The van der Waals surface area contributed by atoms with Crippen LogP contribution in [-0.4, -0.2) is 58.9 Å². The topological polar surface area (TPSA) is 91.1 Å². The minimum absolute atomic E-state index is 0.0273. The Morgan fingerprint density at radius 2 is 1.62 bits per heavy atom. The molecule has 0 bridgehead atoms. The molecule has 1 N–H and O–H groups in total. The van der Waals surface area contributed by atoms with E-state index in [1.807, 2.05) is 4.90 Å². The van der Waals surface area contributed by atoms with E-state index < -0.39 is 5.97 Å². The number of rotatable bonds is 3. The highest BCUT2D eigenvalue weighted by molar-refractivity contribution is 5.95. The maximum Gasteiger partial charge on any atom is 0.338 e. The van der Waals surface area contributed by atoms with Crippen LogP contribution in [0.5, 0.6) is 0 Å². The monoisotopic (exact) mass is 334 g/mol.